The Bertz CT molecular complexity index is 1500. The lowest BCUT2D eigenvalue weighted by atomic mass is 10.3. The van der Waals surface area contributed by atoms with Gasteiger partial charge < -0.3 is 16.0 Å². The third-order valence-corrected chi connectivity index (χ3v) is 6.29. The molecule has 0 amide bonds. The van der Waals surface area contributed by atoms with Crippen LogP contribution in [0.3, 0.4) is 0 Å². The Hall–Kier alpha value is -4.18. The largest absolute Gasteiger partial charge is 0.324 e. The van der Waals surface area contributed by atoms with E-state index in [2.05, 4.69) is 30.9 Å². The van der Waals surface area contributed by atoms with Crippen molar-refractivity contribution >= 4 is 55.1 Å². The summed E-state index contributed by atoms with van der Waals surface area (Å²) in [6.45, 7) is 0. The number of anilines is 6. The lowest BCUT2D eigenvalue weighted by Gasteiger charge is -2.12. The molecule has 12 nitrogen and oxygen atoms in total. The highest BCUT2D eigenvalue weighted by Gasteiger charge is 2.12. The van der Waals surface area contributed by atoms with Crippen LogP contribution in [0.5, 0.6) is 0 Å². The van der Waals surface area contributed by atoms with Crippen LogP contribution < -0.4 is 16.0 Å². The second kappa shape index (κ2) is 9.82. The molecule has 0 saturated heterocycles. The molecule has 0 aliphatic rings. The maximum absolute atomic E-state index is 13.2. The maximum Gasteiger partial charge on any atom is 0.294 e. The number of rotatable bonds is 8. The molecular weight excluding hydrogens is 515 g/mol. The Morgan fingerprint density at radius 3 is 1.08 bits per heavy atom. The minimum Gasteiger partial charge on any atom is -0.324 e. The molecule has 0 saturated carbocycles. The average Bonchev–Trinajstić information content (AvgIpc) is 2.80. The number of hydrogen-bond donors (Lipinski definition) is 5. The molecule has 1 aromatic heterocycles. The molecule has 36 heavy (non-hydrogen) atoms. The van der Waals surface area contributed by atoms with Gasteiger partial charge in [-0.25, -0.2) is 4.39 Å². The van der Waals surface area contributed by atoms with E-state index in [4.69, 9.17) is 9.11 Å². The van der Waals surface area contributed by atoms with Gasteiger partial charge in [0.25, 0.3) is 20.2 Å². The fourth-order valence-corrected chi connectivity index (χ4v) is 3.84. The fourth-order valence-electron chi connectivity index (χ4n) is 2.88. The third-order valence-electron chi connectivity index (χ3n) is 4.55. The van der Waals surface area contributed by atoms with E-state index < -0.39 is 26.1 Å². The molecule has 4 aromatic rings. The summed E-state index contributed by atoms with van der Waals surface area (Å²) < 4.78 is 76.5. The van der Waals surface area contributed by atoms with Crippen LogP contribution in [0.15, 0.2) is 82.6 Å². The van der Waals surface area contributed by atoms with Crippen LogP contribution in [0.4, 0.5) is 39.3 Å². The second-order valence-corrected chi connectivity index (χ2v) is 10.0. The number of nitrogens with one attached hydrogen (secondary N) is 3. The van der Waals surface area contributed by atoms with Crippen LogP contribution >= 0.6 is 0 Å². The minimum absolute atomic E-state index is 0.0336. The maximum atomic E-state index is 13.2. The van der Waals surface area contributed by atoms with Gasteiger partial charge in [0, 0.05) is 17.1 Å². The lowest BCUT2D eigenvalue weighted by Crippen LogP contribution is -2.07. The van der Waals surface area contributed by atoms with Crippen LogP contribution in [0.1, 0.15) is 0 Å². The SMILES string of the molecule is O=S(=O)(O)c1ccc(Nc2nc(Nc3ccc(F)cc3)nc(Nc3ccc(S(=O)(=O)O)cc3)n2)cc1. The highest BCUT2D eigenvalue weighted by atomic mass is 32.2. The molecule has 4 rings (SSSR count). The summed E-state index contributed by atoms with van der Waals surface area (Å²) in [6.07, 6.45) is 0. The topological polar surface area (TPSA) is 184 Å². The monoisotopic (exact) mass is 532 g/mol. The van der Waals surface area contributed by atoms with Crippen molar-refractivity contribution in [3.8, 4) is 0 Å². The van der Waals surface area contributed by atoms with E-state index in [0.29, 0.717) is 17.1 Å². The zero-order chi connectivity index (χ0) is 25.9. The molecule has 0 aliphatic carbocycles. The standard InChI is InChI=1S/C21H17FN6O6S2/c22-13-1-3-14(4-2-13)23-19-26-20(24-15-5-9-17(10-6-15)35(29,30)31)28-21(27-19)25-16-7-11-18(12-8-16)36(32,33)34/h1-12H,(H,29,30,31)(H,32,33,34)(H3,23,24,25,26,27,28). The summed E-state index contributed by atoms with van der Waals surface area (Å²) in [7, 11) is -8.72. The van der Waals surface area contributed by atoms with Crippen LogP contribution in [-0.2, 0) is 20.2 Å². The first-order valence-electron chi connectivity index (χ1n) is 9.93. The van der Waals surface area contributed by atoms with Crippen molar-refractivity contribution in [1.29, 1.82) is 0 Å². The fraction of sp³-hybridized carbons (Fsp3) is 0. The number of nitrogens with zero attached hydrogens (tertiary/aromatic N) is 3. The van der Waals surface area contributed by atoms with Gasteiger partial charge in [0.1, 0.15) is 5.82 Å². The van der Waals surface area contributed by atoms with E-state index >= 15 is 0 Å². The molecule has 0 radical (unpaired) electrons. The quantitative estimate of drug-likeness (QED) is 0.208. The van der Waals surface area contributed by atoms with Gasteiger partial charge in [-0.05, 0) is 72.8 Å². The predicted octanol–water partition coefficient (Wildman–Crippen LogP) is 3.73. The zero-order valence-corrected chi connectivity index (χ0v) is 19.6. The number of halogens is 1. The van der Waals surface area contributed by atoms with Gasteiger partial charge in [0.15, 0.2) is 0 Å². The van der Waals surface area contributed by atoms with Crippen molar-refractivity contribution in [1.82, 2.24) is 15.0 Å². The van der Waals surface area contributed by atoms with E-state index in [9.17, 15) is 21.2 Å². The summed E-state index contributed by atoms with van der Waals surface area (Å²) in [6, 6.07) is 15.7. The van der Waals surface area contributed by atoms with E-state index in [1.807, 2.05) is 0 Å². The molecule has 0 unspecified atom stereocenters. The van der Waals surface area contributed by atoms with Gasteiger partial charge in [-0.2, -0.15) is 31.8 Å². The highest BCUT2D eigenvalue weighted by Crippen LogP contribution is 2.23. The predicted molar refractivity (Wildman–Crippen MR) is 129 cm³/mol. The van der Waals surface area contributed by atoms with E-state index in [0.717, 1.165) is 0 Å². The first-order valence-corrected chi connectivity index (χ1v) is 12.8. The molecule has 0 aliphatic heterocycles. The van der Waals surface area contributed by atoms with Crippen LogP contribution in [0.2, 0.25) is 0 Å². The average molecular weight is 533 g/mol. The molecule has 0 spiro atoms. The highest BCUT2D eigenvalue weighted by molar-refractivity contribution is 7.86. The third kappa shape index (κ3) is 6.48. The van der Waals surface area contributed by atoms with Crippen LogP contribution in [0.25, 0.3) is 0 Å². The second-order valence-electron chi connectivity index (χ2n) is 7.19. The Morgan fingerprint density at radius 2 is 0.806 bits per heavy atom. The van der Waals surface area contributed by atoms with Gasteiger partial charge in [0.05, 0.1) is 9.79 Å². The van der Waals surface area contributed by atoms with E-state index in [1.54, 1.807) is 0 Å². The van der Waals surface area contributed by atoms with Gasteiger partial charge in [0.2, 0.25) is 17.8 Å². The van der Waals surface area contributed by atoms with E-state index in [-0.39, 0.29) is 27.6 Å². The van der Waals surface area contributed by atoms with Crippen molar-refractivity contribution in [2.24, 2.45) is 0 Å². The van der Waals surface area contributed by atoms with Gasteiger partial charge in [-0.15, -0.1) is 0 Å². The molecule has 0 fully saturated rings. The molecule has 1 heterocycles. The summed E-state index contributed by atoms with van der Waals surface area (Å²) in [5, 5.41) is 8.67. The molecule has 3 aromatic carbocycles. The Balaban J connectivity index is 1.64. The summed E-state index contributed by atoms with van der Waals surface area (Å²) in [5.74, 6) is -0.300. The van der Waals surface area contributed by atoms with E-state index in [1.165, 1.54) is 72.8 Å². The van der Waals surface area contributed by atoms with Gasteiger partial charge in [-0.3, -0.25) is 9.11 Å². The summed E-state index contributed by atoms with van der Waals surface area (Å²) in [5.41, 5.74) is 1.27. The number of aromatic nitrogens is 3. The molecule has 186 valence electrons. The molecule has 0 atom stereocenters. The number of benzene rings is 3. The van der Waals surface area contributed by atoms with Crippen molar-refractivity contribution < 1.29 is 30.3 Å². The normalized spacial score (nSPS) is 11.6. The summed E-state index contributed by atoms with van der Waals surface area (Å²) in [4.78, 5) is 12.2. The summed E-state index contributed by atoms with van der Waals surface area (Å²) >= 11 is 0. The zero-order valence-electron chi connectivity index (χ0n) is 18.0. The Labute approximate surface area is 204 Å². The molecule has 5 N–H and O–H groups in total. The Kier molecular flexibility index (Phi) is 6.80. The lowest BCUT2D eigenvalue weighted by molar-refractivity contribution is 0.481. The Morgan fingerprint density at radius 1 is 0.528 bits per heavy atom. The van der Waals surface area contributed by atoms with Crippen molar-refractivity contribution in [3.63, 3.8) is 0 Å². The first-order chi connectivity index (χ1) is 17.0. The van der Waals surface area contributed by atoms with Crippen molar-refractivity contribution in [3.05, 3.63) is 78.6 Å². The molecule has 0 bridgehead atoms. The number of hydrogen-bond acceptors (Lipinski definition) is 10. The minimum atomic E-state index is -4.36. The van der Waals surface area contributed by atoms with Crippen molar-refractivity contribution in [2.75, 3.05) is 16.0 Å². The molecular formula is C21H17FN6O6S2. The molecule has 15 heteroatoms. The smallest absolute Gasteiger partial charge is 0.294 e. The first kappa shape index (κ1) is 24.9. The van der Waals surface area contributed by atoms with Crippen LogP contribution in [0, 0.1) is 5.82 Å². The van der Waals surface area contributed by atoms with Gasteiger partial charge >= 0.3 is 0 Å². The van der Waals surface area contributed by atoms with Crippen LogP contribution in [-0.4, -0.2) is 40.9 Å². The van der Waals surface area contributed by atoms with Gasteiger partial charge in [-0.1, -0.05) is 0 Å². The van der Waals surface area contributed by atoms with Crippen molar-refractivity contribution in [2.45, 2.75) is 9.79 Å².